The summed E-state index contributed by atoms with van der Waals surface area (Å²) >= 11 is 0. The topological polar surface area (TPSA) is 34.1 Å². The Labute approximate surface area is 150 Å². The molecule has 0 aliphatic heterocycles. The van der Waals surface area contributed by atoms with Gasteiger partial charge in [-0.25, -0.2) is 0 Å². The van der Waals surface area contributed by atoms with E-state index in [0.717, 1.165) is 11.1 Å². The summed E-state index contributed by atoms with van der Waals surface area (Å²) in [6.07, 6.45) is 0. The molecule has 2 aromatic carbocycles. The van der Waals surface area contributed by atoms with Crippen LogP contribution in [0.3, 0.4) is 0 Å². The van der Waals surface area contributed by atoms with Crippen molar-refractivity contribution in [1.82, 2.24) is 0 Å². The van der Waals surface area contributed by atoms with Crippen LogP contribution >= 0.6 is 0 Å². The first-order valence-electron chi connectivity index (χ1n) is 6.81. The van der Waals surface area contributed by atoms with Crippen LogP contribution in [-0.4, -0.2) is 11.6 Å². The monoisotopic (exact) mass is 354 g/mol. The van der Waals surface area contributed by atoms with Gasteiger partial charge in [-0.05, 0) is 5.56 Å². The third kappa shape index (κ3) is 2.93. The summed E-state index contributed by atoms with van der Waals surface area (Å²) in [4.78, 5) is 24.8. The van der Waals surface area contributed by atoms with Crippen molar-refractivity contribution in [1.29, 1.82) is 0 Å². The Kier molecular flexibility index (Phi) is 6.18. The van der Waals surface area contributed by atoms with Crippen LogP contribution in [0.25, 0.3) is 0 Å². The summed E-state index contributed by atoms with van der Waals surface area (Å²) in [6, 6.07) is 11.7. The molecule has 21 heavy (non-hydrogen) atoms. The number of ketones is 2. The molecule has 0 N–H and O–H groups in total. The fourth-order valence-corrected chi connectivity index (χ4v) is 2.36. The van der Waals surface area contributed by atoms with Gasteiger partial charge in [-0.15, -0.1) is 23.3 Å². The first-order valence-corrected chi connectivity index (χ1v) is 6.81. The van der Waals surface area contributed by atoms with E-state index in [4.69, 9.17) is 0 Å². The smallest absolute Gasteiger partial charge is 0.152 e. The Balaban J connectivity index is 0.000000706. The molecule has 2 nitrogen and oxygen atoms in total. The molecule has 0 fully saturated rings. The molecular weight excluding hydrogens is 337 g/mol. The van der Waals surface area contributed by atoms with Gasteiger partial charge in [0, 0.05) is 38.3 Å². The van der Waals surface area contributed by atoms with Gasteiger partial charge in [0.25, 0.3) is 0 Å². The molecule has 3 heteroatoms. The molecule has 0 saturated heterocycles. The van der Waals surface area contributed by atoms with Crippen molar-refractivity contribution in [3.8, 4) is 0 Å². The second-order valence-corrected chi connectivity index (χ2v) is 4.55. The van der Waals surface area contributed by atoms with E-state index >= 15 is 0 Å². The van der Waals surface area contributed by atoms with E-state index in [1.165, 1.54) is 0 Å². The molecule has 0 unspecified atom stereocenters. The Morgan fingerprint density at radius 2 is 1.43 bits per heavy atom. The summed E-state index contributed by atoms with van der Waals surface area (Å²) in [5.74, 6) is -0.180. The predicted molar refractivity (Wildman–Crippen MR) is 79.4 cm³/mol. The molecule has 105 valence electrons. The van der Waals surface area contributed by atoms with E-state index in [2.05, 4.69) is 6.07 Å². The van der Waals surface area contributed by atoms with E-state index < -0.39 is 0 Å². The fraction of sp³-hybridized carbons (Fsp3) is 0.222. The number of hydrogen-bond donors (Lipinski definition) is 0. The maximum atomic E-state index is 12.5. The van der Waals surface area contributed by atoms with Crippen molar-refractivity contribution in [2.24, 2.45) is 0 Å². The summed E-state index contributed by atoms with van der Waals surface area (Å²) in [5, 5.41) is 0. The predicted octanol–water partition coefficient (Wildman–Crippen LogP) is 3.90. The number of carbonyl (C=O) groups is 2. The second-order valence-electron chi connectivity index (χ2n) is 4.55. The van der Waals surface area contributed by atoms with Gasteiger partial charge in [-0.2, -0.15) is 0 Å². The number of fused-ring (bicyclic) bond motifs is 2. The summed E-state index contributed by atoms with van der Waals surface area (Å²) in [5.41, 5.74) is 3.75. The van der Waals surface area contributed by atoms with Crippen LogP contribution in [-0.2, 0) is 32.7 Å². The standard InChI is InChI=1S/C16H11O2.C2H6.Y/c1-9-7-8-13-14(10(9)2)16(18)12-6-4-3-5-11(12)15(13)17;1-2;/h3-7H,1-2H3;1-2H3;/q-1;;. The van der Waals surface area contributed by atoms with Gasteiger partial charge in [-0.3, -0.25) is 4.79 Å². The SMILES string of the molecule is CC.Cc1c[c-]c2c(c1C)C(=O)c1ccccc1C2=O.[Y]. The fourth-order valence-electron chi connectivity index (χ4n) is 2.36. The van der Waals surface area contributed by atoms with Crippen molar-refractivity contribution >= 4 is 11.6 Å². The zero-order chi connectivity index (χ0) is 14.9. The van der Waals surface area contributed by atoms with Crippen LogP contribution < -0.4 is 0 Å². The van der Waals surface area contributed by atoms with Crippen LogP contribution in [0.15, 0.2) is 30.3 Å². The molecule has 0 bridgehead atoms. The molecule has 2 aromatic rings. The number of carbonyl (C=O) groups excluding carboxylic acids is 2. The first-order chi connectivity index (χ1) is 9.61. The van der Waals surface area contributed by atoms with Gasteiger partial charge in [0.15, 0.2) is 5.78 Å². The van der Waals surface area contributed by atoms with E-state index in [1.807, 2.05) is 27.7 Å². The molecule has 1 radical (unpaired) electrons. The van der Waals surface area contributed by atoms with Gasteiger partial charge in [0.1, 0.15) is 5.78 Å². The molecule has 1 aliphatic rings. The van der Waals surface area contributed by atoms with Gasteiger partial charge < -0.3 is 4.79 Å². The molecule has 0 amide bonds. The quantitative estimate of drug-likeness (QED) is 0.574. The van der Waals surface area contributed by atoms with Crippen molar-refractivity contribution in [3.05, 3.63) is 69.8 Å². The molecule has 1 aliphatic carbocycles. The normalized spacial score (nSPS) is 11.6. The first kappa shape index (κ1) is 17.9. The van der Waals surface area contributed by atoms with E-state index in [1.54, 1.807) is 30.3 Å². The largest absolute Gasteiger partial charge is 0.346 e. The minimum atomic E-state index is -0.108. The number of aryl methyl sites for hydroxylation is 1. The number of rotatable bonds is 0. The van der Waals surface area contributed by atoms with E-state index in [-0.39, 0.29) is 44.3 Å². The zero-order valence-corrected chi connectivity index (χ0v) is 15.6. The Bertz CT molecular complexity index is 702. The van der Waals surface area contributed by atoms with Crippen molar-refractivity contribution in [2.45, 2.75) is 27.7 Å². The third-order valence-electron chi connectivity index (χ3n) is 3.52. The molecule has 0 aromatic heterocycles. The Morgan fingerprint density at radius 1 is 0.905 bits per heavy atom. The zero-order valence-electron chi connectivity index (χ0n) is 12.8. The molecule has 0 atom stereocenters. The van der Waals surface area contributed by atoms with Crippen LogP contribution in [0.1, 0.15) is 56.8 Å². The minimum absolute atomic E-state index is 0. The molecular formula is C18H17O2Y-. The van der Waals surface area contributed by atoms with Crippen LogP contribution in [0.4, 0.5) is 0 Å². The summed E-state index contributed by atoms with van der Waals surface area (Å²) in [7, 11) is 0. The van der Waals surface area contributed by atoms with Crippen molar-refractivity contribution in [3.63, 3.8) is 0 Å². The Hall–Kier alpha value is -1.12. The van der Waals surface area contributed by atoms with Gasteiger partial charge >= 0.3 is 0 Å². The van der Waals surface area contributed by atoms with E-state index in [9.17, 15) is 9.59 Å². The van der Waals surface area contributed by atoms with Gasteiger partial charge in [0.2, 0.25) is 0 Å². The van der Waals surface area contributed by atoms with E-state index in [0.29, 0.717) is 22.3 Å². The van der Waals surface area contributed by atoms with Crippen LogP contribution in [0.5, 0.6) is 0 Å². The maximum Gasteiger partial charge on any atom is 0.152 e. The van der Waals surface area contributed by atoms with Gasteiger partial charge in [0.05, 0.1) is 0 Å². The van der Waals surface area contributed by atoms with Crippen molar-refractivity contribution < 1.29 is 42.3 Å². The molecule has 0 spiro atoms. The third-order valence-corrected chi connectivity index (χ3v) is 3.52. The van der Waals surface area contributed by atoms with Gasteiger partial charge in [-0.1, -0.05) is 63.1 Å². The average molecular weight is 354 g/mol. The Morgan fingerprint density at radius 3 is 2.00 bits per heavy atom. The maximum absolute atomic E-state index is 12.5. The van der Waals surface area contributed by atoms with Crippen LogP contribution in [0, 0.1) is 19.9 Å². The number of benzene rings is 2. The minimum Gasteiger partial charge on any atom is -0.346 e. The second kappa shape index (κ2) is 7.24. The average Bonchev–Trinajstić information content (AvgIpc) is 2.49. The molecule has 3 rings (SSSR count). The summed E-state index contributed by atoms with van der Waals surface area (Å²) < 4.78 is 0. The number of hydrogen-bond acceptors (Lipinski definition) is 2. The molecule has 0 heterocycles. The van der Waals surface area contributed by atoms with Crippen LogP contribution in [0.2, 0.25) is 0 Å². The van der Waals surface area contributed by atoms with Crippen molar-refractivity contribution in [2.75, 3.05) is 0 Å². The molecule has 0 saturated carbocycles. The summed E-state index contributed by atoms with van der Waals surface area (Å²) in [6.45, 7) is 7.80.